The van der Waals surface area contributed by atoms with Gasteiger partial charge in [-0.2, -0.15) is 0 Å². The molecule has 3 heteroatoms. The number of para-hydroxylation sites is 1. The van der Waals surface area contributed by atoms with E-state index in [4.69, 9.17) is 0 Å². The second kappa shape index (κ2) is 8.61. The Hall–Kier alpha value is -3.59. The van der Waals surface area contributed by atoms with Crippen molar-refractivity contribution >= 4 is 34.0 Å². The number of nitrogens with one attached hydrogen (secondary N) is 2. The maximum Gasteiger partial charge on any atom is 0.122 e. The molecule has 146 valence electrons. The predicted molar refractivity (Wildman–Crippen MR) is 128 cm³/mol. The second-order valence-electron chi connectivity index (χ2n) is 7.16. The van der Waals surface area contributed by atoms with Crippen molar-refractivity contribution < 1.29 is 0 Å². The van der Waals surface area contributed by atoms with Gasteiger partial charge in [-0.05, 0) is 66.8 Å². The summed E-state index contributed by atoms with van der Waals surface area (Å²) in [5.74, 6) is 0.579. The lowest BCUT2D eigenvalue weighted by Gasteiger charge is -2.14. The number of benzene rings is 2. The third kappa shape index (κ3) is 4.46. The number of H-pyrrole nitrogens is 1. The number of hydrogen-bond donors (Lipinski definition) is 2. The molecule has 1 aromatic heterocycles. The number of aromatic nitrogens is 1. The zero-order valence-electron chi connectivity index (χ0n) is 17.3. The molecule has 0 saturated heterocycles. The minimum Gasteiger partial charge on any atom is -0.361 e. The number of hydrogen-bond acceptors (Lipinski definition) is 2. The van der Waals surface area contributed by atoms with Gasteiger partial charge in [0.2, 0.25) is 0 Å². The van der Waals surface area contributed by atoms with Crippen LogP contribution in [0, 0.1) is 13.8 Å². The Bertz CT molecular complexity index is 1160. The summed E-state index contributed by atoms with van der Waals surface area (Å²) in [5, 5.41) is 4.50. The van der Waals surface area contributed by atoms with E-state index in [9.17, 15) is 0 Å². The van der Waals surface area contributed by atoms with E-state index in [1.54, 1.807) is 12.3 Å². The highest BCUT2D eigenvalue weighted by Gasteiger charge is 2.07. The molecule has 3 aromatic rings. The normalized spacial score (nSPS) is 11.8. The van der Waals surface area contributed by atoms with Crippen LogP contribution in [0.4, 0.5) is 5.69 Å². The fourth-order valence-electron chi connectivity index (χ4n) is 3.36. The lowest BCUT2D eigenvalue weighted by atomic mass is 9.98. The van der Waals surface area contributed by atoms with Crippen LogP contribution in [0.2, 0.25) is 0 Å². The predicted octanol–water partition coefficient (Wildman–Crippen LogP) is 7.04. The van der Waals surface area contributed by atoms with Crippen molar-refractivity contribution in [3.05, 3.63) is 103 Å². The molecule has 0 atom stereocenters. The van der Waals surface area contributed by atoms with Gasteiger partial charge in [0.05, 0.1) is 0 Å². The fourth-order valence-corrected chi connectivity index (χ4v) is 3.36. The van der Waals surface area contributed by atoms with Crippen molar-refractivity contribution in [1.29, 1.82) is 0 Å². The topological polar surface area (TPSA) is 40.2 Å². The largest absolute Gasteiger partial charge is 0.361 e. The molecule has 0 amide bonds. The third-order valence-corrected chi connectivity index (χ3v) is 5.01. The first-order chi connectivity index (χ1) is 13.9. The van der Waals surface area contributed by atoms with Crippen molar-refractivity contribution in [2.45, 2.75) is 20.8 Å². The first kappa shape index (κ1) is 20.2. The molecule has 0 aliphatic heterocycles. The highest BCUT2D eigenvalue weighted by molar-refractivity contribution is 5.95. The monoisotopic (exact) mass is 381 g/mol. The second-order valence-corrected chi connectivity index (χ2v) is 7.16. The molecule has 0 fully saturated rings. The van der Waals surface area contributed by atoms with E-state index in [-0.39, 0.29) is 0 Å². The van der Waals surface area contributed by atoms with Gasteiger partial charge in [-0.15, -0.1) is 0 Å². The van der Waals surface area contributed by atoms with E-state index >= 15 is 0 Å². The molecular formula is C26H27N3. The number of aliphatic imine (C=N–C) groups is 1. The molecule has 2 aromatic carbocycles. The summed E-state index contributed by atoms with van der Waals surface area (Å²) < 4.78 is 0. The molecule has 0 bridgehead atoms. The van der Waals surface area contributed by atoms with Crippen LogP contribution in [0.15, 0.2) is 85.3 Å². The lowest BCUT2D eigenvalue weighted by Crippen LogP contribution is -2.00. The minimum absolute atomic E-state index is 0.579. The molecule has 0 aliphatic carbocycles. The molecule has 1 heterocycles. The van der Waals surface area contributed by atoms with E-state index in [0.29, 0.717) is 5.82 Å². The van der Waals surface area contributed by atoms with Crippen molar-refractivity contribution in [3.63, 3.8) is 0 Å². The number of nitrogens with zero attached hydrogens (tertiary/aromatic N) is 1. The van der Waals surface area contributed by atoms with Crippen LogP contribution >= 0.6 is 0 Å². The maximum absolute atomic E-state index is 4.45. The summed E-state index contributed by atoms with van der Waals surface area (Å²) in [6, 6.07) is 12.5. The van der Waals surface area contributed by atoms with Gasteiger partial charge in [-0.25, -0.2) is 4.99 Å². The SMILES string of the molecule is C=CC(=C)c1cc(NC(=C)/N=C\C=C(/C)c2c[nH]c3ccccc23)c(C)cc1C. The van der Waals surface area contributed by atoms with Gasteiger partial charge in [-0.3, -0.25) is 0 Å². The van der Waals surface area contributed by atoms with Crippen LogP contribution in [0.3, 0.4) is 0 Å². The van der Waals surface area contributed by atoms with Gasteiger partial charge in [0.15, 0.2) is 0 Å². The number of fused-ring (bicyclic) bond motifs is 1. The Kier molecular flexibility index (Phi) is 5.99. The van der Waals surface area contributed by atoms with Crippen LogP contribution in [0.1, 0.15) is 29.2 Å². The van der Waals surface area contributed by atoms with Gasteiger partial charge in [0, 0.05) is 34.6 Å². The zero-order valence-corrected chi connectivity index (χ0v) is 17.3. The number of aryl methyl sites for hydroxylation is 2. The standard InChI is InChI=1S/C26H27N3/c1-7-17(2)23-15-26(20(5)14-19(23)4)29-21(6)27-13-12-18(3)24-16-28-25-11-9-8-10-22(24)25/h7-16,28-29H,1-2,6H2,3-5H3/b18-12+,27-13-. The van der Waals surface area contributed by atoms with E-state index in [1.165, 1.54) is 16.5 Å². The molecule has 0 spiro atoms. The molecule has 0 unspecified atom stereocenters. The van der Waals surface area contributed by atoms with Gasteiger partial charge in [0.25, 0.3) is 0 Å². The molecule has 29 heavy (non-hydrogen) atoms. The van der Waals surface area contributed by atoms with Crippen LogP contribution in [0.5, 0.6) is 0 Å². The highest BCUT2D eigenvalue weighted by Crippen LogP contribution is 2.27. The quantitative estimate of drug-likeness (QED) is 0.334. The van der Waals surface area contributed by atoms with E-state index in [0.717, 1.165) is 33.5 Å². The van der Waals surface area contributed by atoms with Gasteiger partial charge in [0.1, 0.15) is 5.82 Å². The van der Waals surface area contributed by atoms with Crippen LogP contribution in [-0.4, -0.2) is 11.2 Å². The molecular weight excluding hydrogens is 354 g/mol. The Morgan fingerprint density at radius 2 is 1.83 bits per heavy atom. The summed E-state index contributed by atoms with van der Waals surface area (Å²) in [4.78, 5) is 7.75. The van der Waals surface area contributed by atoms with Gasteiger partial charge >= 0.3 is 0 Å². The fraction of sp³-hybridized carbons (Fsp3) is 0.115. The van der Waals surface area contributed by atoms with E-state index in [1.807, 2.05) is 24.4 Å². The summed E-state index contributed by atoms with van der Waals surface area (Å²) in [6.07, 6.45) is 7.57. The molecule has 0 radical (unpaired) electrons. The smallest absolute Gasteiger partial charge is 0.122 e. The Balaban J connectivity index is 1.75. The lowest BCUT2D eigenvalue weighted by molar-refractivity contribution is 1.28. The Morgan fingerprint density at radius 1 is 1.07 bits per heavy atom. The van der Waals surface area contributed by atoms with Crippen molar-refractivity contribution in [3.8, 4) is 0 Å². The molecule has 0 saturated carbocycles. The number of aromatic amines is 1. The van der Waals surface area contributed by atoms with E-state index < -0.39 is 0 Å². The summed E-state index contributed by atoms with van der Waals surface area (Å²) >= 11 is 0. The first-order valence-electron chi connectivity index (χ1n) is 9.57. The molecule has 0 aliphatic rings. The average Bonchev–Trinajstić information content (AvgIpc) is 3.13. The van der Waals surface area contributed by atoms with Crippen LogP contribution in [-0.2, 0) is 0 Å². The summed E-state index contributed by atoms with van der Waals surface area (Å²) in [5.41, 5.74) is 8.67. The number of anilines is 1. The van der Waals surface area contributed by atoms with Gasteiger partial charge in [-0.1, -0.05) is 50.1 Å². The van der Waals surface area contributed by atoms with Crippen molar-refractivity contribution in [2.75, 3.05) is 5.32 Å². The summed E-state index contributed by atoms with van der Waals surface area (Å²) in [6.45, 7) is 18.1. The van der Waals surface area contributed by atoms with Crippen molar-refractivity contribution in [1.82, 2.24) is 4.98 Å². The minimum atomic E-state index is 0.579. The van der Waals surface area contributed by atoms with Gasteiger partial charge < -0.3 is 10.3 Å². The van der Waals surface area contributed by atoms with Crippen molar-refractivity contribution in [2.24, 2.45) is 4.99 Å². The Labute approximate surface area is 172 Å². The van der Waals surface area contributed by atoms with Crippen LogP contribution in [0.25, 0.3) is 22.0 Å². The Morgan fingerprint density at radius 3 is 2.59 bits per heavy atom. The van der Waals surface area contributed by atoms with E-state index in [2.05, 4.69) is 80.1 Å². The highest BCUT2D eigenvalue weighted by atomic mass is 15.0. The third-order valence-electron chi connectivity index (χ3n) is 5.01. The maximum atomic E-state index is 4.45. The first-order valence-corrected chi connectivity index (χ1v) is 9.57. The molecule has 3 nitrogen and oxygen atoms in total. The zero-order chi connectivity index (χ0) is 21.0. The average molecular weight is 382 g/mol. The molecule has 2 N–H and O–H groups in total. The van der Waals surface area contributed by atoms with Crippen LogP contribution < -0.4 is 5.32 Å². The summed E-state index contributed by atoms with van der Waals surface area (Å²) in [7, 11) is 0. The number of allylic oxidation sites excluding steroid dienone is 4. The molecule has 3 rings (SSSR count). The number of rotatable bonds is 7.